The van der Waals surface area contributed by atoms with Crippen LogP contribution in [0.1, 0.15) is 35.2 Å². The van der Waals surface area contributed by atoms with Gasteiger partial charge in [0.15, 0.2) is 0 Å². The van der Waals surface area contributed by atoms with Gasteiger partial charge in [-0.15, -0.1) is 0 Å². The van der Waals surface area contributed by atoms with E-state index >= 15 is 4.39 Å². The summed E-state index contributed by atoms with van der Waals surface area (Å²) in [5, 5.41) is 3.34. The van der Waals surface area contributed by atoms with Gasteiger partial charge in [-0.1, -0.05) is 12.1 Å². The van der Waals surface area contributed by atoms with Crippen LogP contribution in [0.25, 0.3) is 11.1 Å². The number of halogens is 1. The van der Waals surface area contributed by atoms with Gasteiger partial charge in [-0.05, 0) is 31.4 Å². The Morgan fingerprint density at radius 2 is 2.23 bits per heavy atom. The number of aromatic nitrogens is 1. The Hall–Kier alpha value is -2.47. The number of nitrogens with zero attached hydrogens (tertiary/aromatic N) is 2. The maximum absolute atomic E-state index is 15.2. The predicted octanol–water partition coefficient (Wildman–Crippen LogP) is 3.16. The van der Waals surface area contributed by atoms with Crippen molar-refractivity contribution in [2.24, 2.45) is 0 Å². The van der Waals surface area contributed by atoms with Crippen LogP contribution in [-0.4, -0.2) is 42.2 Å². The van der Waals surface area contributed by atoms with E-state index in [1.807, 2.05) is 6.07 Å². The van der Waals surface area contributed by atoms with Gasteiger partial charge in [-0.3, -0.25) is 4.79 Å². The van der Waals surface area contributed by atoms with E-state index in [9.17, 15) is 4.79 Å². The maximum atomic E-state index is 15.2. The minimum atomic E-state index is -0.486. The first kappa shape index (κ1) is 15.8. The summed E-state index contributed by atoms with van der Waals surface area (Å²) < 4.78 is 20.5. The normalized spacial score (nSPS) is 20.0. The molecule has 2 aromatic rings. The highest BCUT2D eigenvalue weighted by molar-refractivity contribution is 5.96. The van der Waals surface area contributed by atoms with Gasteiger partial charge in [0.25, 0.3) is 5.91 Å². The summed E-state index contributed by atoms with van der Waals surface area (Å²) in [6, 6.07) is 7.02. The molecular formula is C20H20FN3O2. The SMILES string of the molecule is O=C(c1cccc(-c2cnc3c(c2)C2(CC2)CN3)c1F)N1CCCOC1. The van der Waals surface area contributed by atoms with Crippen LogP contribution >= 0.6 is 0 Å². The van der Waals surface area contributed by atoms with Crippen LogP contribution in [0.4, 0.5) is 10.2 Å². The number of pyridine rings is 1. The van der Waals surface area contributed by atoms with Crippen LogP contribution < -0.4 is 5.32 Å². The third kappa shape index (κ3) is 2.40. The summed E-state index contributed by atoms with van der Waals surface area (Å²) in [7, 11) is 0. The van der Waals surface area contributed by atoms with Crippen molar-refractivity contribution in [1.29, 1.82) is 0 Å². The molecule has 6 heteroatoms. The molecule has 134 valence electrons. The lowest BCUT2D eigenvalue weighted by Gasteiger charge is -2.27. The van der Waals surface area contributed by atoms with Gasteiger partial charge >= 0.3 is 0 Å². The van der Waals surface area contributed by atoms with Crippen molar-refractivity contribution in [3.05, 3.63) is 47.4 Å². The zero-order valence-electron chi connectivity index (χ0n) is 14.4. The third-order valence-corrected chi connectivity index (χ3v) is 5.70. The summed E-state index contributed by atoms with van der Waals surface area (Å²) in [4.78, 5) is 18.7. The van der Waals surface area contributed by atoms with E-state index in [1.165, 1.54) is 5.56 Å². The number of carbonyl (C=O) groups is 1. The number of carbonyl (C=O) groups excluding carboxylic acids is 1. The molecule has 3 heterocycles. The van der Waals surface area contributed by atoms with Crippen molar-refractivity contribution >= 4 is 11.7 Å². The lowest BCUT2D eigenvalue weighted by atomic mass is 9.96. The van der Waals surface area contributed by atoms with E-state index in [-0.39, 0.29) is 23.6 Å². The summed E-state index contributed by atoms with van der Waals surface area (Å²) in [6.07, 6.45) is 4.75. The number of hydrogen-bond donors (Lipinski definition) is 1. The van der Waals surface area contributed by atoms with Crippen LogP contribution in [0.5, 0.6) is 0 Å². The second kappa shape index (κ2) is 5.77. The largest absolute Gasteiger partial charge is 0.369 e. The summed E-state index contributed by atoms with van der Waals surface area (Å²) in [5.41, 5.74) is 2.60. The highest BCUT2D eigenvalue weighted by Gasteiger charge is 2.49. The van der Waals surface area contributed by atoms with Gasteiger partial charge in [-0.25, -0.2) is 9.37 Å². The molecule has 1 spiro atoms. The van der Waals surface area contributed by atoms with Crippen molar-refractivity contribution in [3.63, 3.8) is 0 Å². The van der Waals surface area contributed by atoms with Gasteiger partial charge in [0, 0.05) is 41.4 Å². The first-order chi connectivity index (χ1) is 12.7. The predicted molar refractivity (Wildman–Crippen MR) is 95.5 cm³/mol. The van der Waals surface area contributed by atoms with E-state index in [4.69, 9.17) is 4.74 Å². The van der Waals surface area contributed by atoms with Crippen LogP contribution in [0.2, 0.25) is 0 Å². The molecule has 1 N–H and O–H groups in total. The van der Waals surface area contributed by atoms with Crippen molar-refractivity contribution in [2.45, 2.75) is 24.7 Å². The van der Waals surface area contributed by atoms with Gasteiger partial charge in [0.05, 0.1) is 12.2 Å². The van der Waals surface area contributed by atoms with Crippen molar-refractivity contribution in [3.8, 4) is 11.1 Å². The molecule has 0 radical (unpaired) electrons. The average molecular weight is 353 g/mol. The Kier molecular flexibility index (Phi) is 3.50. The molecular weight excluding hydrogens is 333 g/mol. The van der Waals surface area contributed by atoms with Gasteiger partial charge in [-0.2, -0.15) is 0 Å². The lowest BCUT2D eigenvalue weighted by molar-refractivity contribution is -0.00593. The molecule has 5 rings (SSSR count). The van der Waals surface area contributed by atoms with Crippen LogP contribution in [0.3, 0.4) is 0 Å². The van der Waals surface area contributed by atoms with Gasteiger partial charge < -0.3 is 15.0 Å². The first-order valence-corrected chi connectivity index (χ1v) is 9.08. The second-order valence-corrected chi connectivity index (χ2v) is 7.38. The number of amides is 1. The minimum absolute atomic E-state index is 0.0905. The molecule has 1 aromatic carbocycles. The molecule has 3 aliphatic rings. The second-order valence-electron chi connectivity index (χ2n) is 7.38. The van der Waals surface area contributed by atoms with E-state index < -0.39 is 5.82 Å². The number of benzene rings is 1. The topological polar surface area (TPSA) is 54.5 Å². The molecule has 0 bridgehead atoms. The van der Waals surface area contributed by atoms with E-state index in [2.05, 4.69) is 10.3 Å². The van der Waals surface area contributed by atoms with Gasteiger partial charge in [0.1, 0.15) is 18.4 Å². The van der Waals surface area contributed by atoms with E-state index in [1.54, 1.807) is 29.3 Å². The fraction of sp³-hybridized carbons (Fsp3) is 0.400. The average Bonchev–Trinajstić information content (AvgIpc) is 3.39. The van der Waals surface area contributed by atoms with Gasteiger partial charge in [0.2, 0.25) is 0 Å². The van der Waals surface area contributed by atoms with Crippen LogP contribution in [0.15, 0.2) is 30.5 Å². The fourth-order valence-corrected chi connectivity index (χ4v) is 3.95. The Labute approximate surface area is 151 Å². The Morgan fingerprint density at radius 1 is 1.35 bits per heavy atom. The maximum Gasteiger partial charge on any atom is 0.258 e. The monoisotopic (exact) mass is 353 g/mol. The quantitative estimate of drug-likeness (QED) is 0.901. The number of nitrogens with one attached hydrogen (secondary N) is 1. The molecule has 1 aliphatic carbocycles. The Balaban J connectivity index is 1.52. The zero-order valence-corrected chi connectivity index (χ0v) is 14.4. The van der Waals surface area contributed by atoms with E-state index in [0.29, 0.717) is 18.7 Å². The number of fused-ring (bicyclic) bond motifs is 2. The number of rotatable bonds is 2. The molecule has 1 saturated heterocycles. The number of hydrogen-bond acceptors (Lipinski definition) is 4. The Bertz CT molecular complexity index is 889. The third-order valence-electron chi connectivity index (χ3n) is 5.70. The molecule has 1 amide bonds. The number of ether oxygens (including phenoxy) is 1. The molecule has 5 nitrogen and oxygen atoms in total. The van der Waals surface area contributed by atoms with Crippen molar-refractivity contribution < 1.29 is 13.9 Å². The molecule has 1 saturated carbocycles. The summed E-state index contributed by atoms with van der Waals surface area (Å²) in [6.45, 7) is 2.37. The Morgan fingerprint density at radius 3 is 3.00 bits per heavy atom. The van der Waals surface area contributed by atoms with Crippen molar-refractivity contribution in [1.82, 2.24) is 9.88 Å². The molecule has 1 aromatic heterocycles. The summed E-state index contributed by atoms with van der Waals surface area (Å²) in [5.74, 6) is 0.100. The first-order valence-electron chi connectivity index (χ1n) is 9.08. The number of anilines is 1. The van der Waals surface area contributed by atoms with Crippen LogP contribution in [-0.2, 0) is 10.2 Å². The summed E-state index contributed by atoms with van der Waals surface area (Å²) >= 11 is 0. The molecule has 2 aliphatic heterocycles. The standard InChI is InChI=1S/C20H20FN3O2/c21-17-14(3-1-4-15(17)19(25)24-7-2-8-26-12-24)13-9-16-18(22-10-13)23-11-20(16)5-6-20/h1,3-4,9-10H,2,5-8,11-12H2,(H,22,23). The highest BCUT2D eigenvalue weighted by Crippen LogP contribution is 2.54. The lowest BCUT2D eigenvalue weighted by Crippen LogP contribution is -2.38. The van der Waals surface area contributed by atoms with Crippen LogP contribution in [0, 0.1) is 5.82 Å². The molecule has 2 fully saturated rings. The molecule has 26 heavy (non-hydrogen) atoms. The highest BCUT2D eigenvalue weighted by atomic mass is 19.1. The van der Waals surface area contributed by atoms with Crippen molar-refractivity contribution in [2.75, 3.05) is 31.7 Å². The molecule has 0 atom stereocenters. The molecule has 0 unspecified atom stereocenters. The minimum Gasteiger partial charge on any atom is -0.369 e. The zero-order chi connectivity index (χ0) is 17.7. The smallest absolute Gasteiger partial charge is 0.258 e. The fourth-order valence-electron chi connectivity index (χ4n) is 3.95. The van der Waals surface area contributed by atoms with E-state index in [0.717, 1.165) is 37.2 Å².